The molecule has 1 N–H and O–H groups in total. The van der Waals surface area contributed by atoms with Crippen LogP contribution in [0.3, 0.4) is 0 Å². The third kappa shape index (κ3) is 6.28. The van der Waals surface area contributed by atoms with Crippen molar-refractivity contribution in [3.63, 3.8) is 0 Å². The molecule has 0 radical (unpaired) electrons. The molecule has 5 nitrogen and oxygen atoms in total. The molecule has 0 saturated carbocycles. The zero-order chi connectivity index (χ0) is 24.2. The number of sulfonamides is 1. The largest absolute Gasteiger partial charge is 0.345 e. The fourth-order valence-corrected chi connectivity index (χ4v) is 4.85. The van der Waals surface area contributed by atoms with Crippen molar-refractivity contribution in [3.8, 4) is 0 Å². The Bertz CT molecular complexity index is 1210. The van der Waals surface area contributed by atoms with Crippen LogP contribution in [0.1, 0.15) is 46.4 Å². The number of hydrogen-bond donors (Lipinski definition) is 1. The highest BCUT2D eigenvalue weighted by molar-refractivity contribution is 7.92. The Morgan fingerprint density at radius 2 is 1.55 bits per heavy atom. The first kappa shape index (κ1) is 25.1. The summed E-state index contributed by atoms with van der Waals surface area (Å²) in [6.07, 6.45) is 1.86. The highest BCUT2D eigenvalue weighted by atomic mass is 35.5. The molecule has 3 rings (SSSR count). The molecule has 3 aromatic carbocycles. The minimum atomic E-state index is -3.63. The van der Waals surface area contributed by atoms with Crippen LogP contribution in [0.15, 0.2) is 66.7 Å². The summed E-state index contributed by atoms with van der Waals surface area (Å²) in [7, 11) is -3.63. The summed E-state index contributed by atoms with van der Waals surface area (Å²) in [5, 5.41) is 3.81. The topological polar surface area (TPSA) is 66.5 Å². The lowest BCUT2D eigenvalue weighted by Gasteiger charge is -2.24. The summed E-state index contributed by atoms with van der Waals surface area (Å²) in [4.78, 5) is 12.8. The Hall–Kier alpha value is -2.54. The Balaban J connectivity index is 1.81. The number of aryl methyl sites for hydroxylation is 1. The molecule has 0 fully saturated rings. The van der Waals surface area contributed by atoms with Crippen LogP contribution in [0.5, 0.6) is 0 Å². The molecule has 1 amide bonds. The van der Waals surface area contributed by atoms with E-state index in [0.717, 1.165) is 23.8 Å². The van der Waals surface area contributed by atoms with Crippen LogP contribution in [0, 0.1) is 6.92 Å². The standard InChI is InChI=1S/C25H26Cl2N2O3S/c1-4-24(18-10-8-17(2)9-11-18)28-25(30)19-12-14-20(15-13-19)29(33(3,31)32)16-21-22(26)6-5-7-23(21)27/h5-15,24H,4,16H2,1-3H3,(H,28,30)/t24-/m1/s1. The number of benzene rings is 3. The Kier molecular flexibility index (Phi) is 8.05. The Morgan fingerprint density at radius 1 is 0.970 bits per heavy atom. The van der Waals surface area contributed by atoms with Gasteiger partial charge in [-0.3, -0.25) is 9.10 Å². The molecule has 0 aliphatic carbocycles. The van der Waals surface area contributed by atoms with E-state index in [1.54, 1.807) is 42.5 Å². The van der Waals surface area contributed by atoms with E-state index < -0.39 is 10.0 Å². The van der Waals surface area contributed by atoms with Gasteiger partial charge in [-0.05, 0) is 55.3 Å². The molecule has 0 aromatic heterocycles. The molecule has 0 saturated heterocycles. The molecule has 0 spiro atoms. The number of carbonyl (C=O) groups is 1. The number of anilines is 1. The molecule has 174 valence electrons. The second-order valence-electron chi connectivity index (χ2n) is 7.86. The summed E-state index contributed by atoms with van der Waals surface area (Å²) in [6.45, 7) is 4.01. The Labute approximate surface area is 205 Å². The van der Waals surface area contributed by atoms with E-state index >= 15 is 0 Å². The van der Waals surface area contributed by atoms with Crippen molar-refractivity contribution in [2.45, 2.75) is 32.9 Å². The molecule has 0 unspecified atom stereocenters. The van der Waals surface area contributed by atoms with Crippen LogP contribution < -0.4 is 9.62 Å². The summed E-state index contributed by atoms with van der Waals surface area (Å²) in [5.41, 5.74) is 3.55. The van der Waals surface area contributed by atoms with Crippen LogP contribution in [0.25, 0.3) is 0 Å². The number of carbonyl (C=O) groups excluding carboxylic acids is 1. The van der Waals surface area contributed by atoms with Crippen molar-refractivity contribution < 1.29 is 13.2 Å². The molecular formula is C25H26Cl2N2O3S. The van der Waals surface area contributed by atoms with Gasteiger partial charge in [-0.15, -0.1) is 0 Å². The second-order valence-corrected chi connectivity index (χ2v) is 10.6. The highest BCUT2D eigenvalue weighted by Crippen LogP contribution is 2.29. The van der Waals surface area contributed by atoms with E-state index in [2.05, 4.69) is 5.32 Å². The van der Waals surface area contributed by atoms with Gasteiger partial charge in [0.2, 0.25) is 10.0 Å². The van der Waals surface area contributed by atoms with Crippen LogP contribution >= 0.6 is 23.2 Å². The highest BCUT2D eigenvalue weighted by Gasteiger charge is 2.21. The molecule has 1 atom stereocenters. The lowest BCUT2D eigenvalue weighted by atomic mass is 10.0. The number of hydrogen-bond acceptors (Lipinski definition) is 3. The second kappa shape index (κ2) is 10.6. The quantitative estimate of drug-likeness (QED) is 0.400. The third-order valence-electron chi connectivity index (χ3n) is 5.37. The van der Waals surface area contributed by atoms with Crippen molar-refractivity contribution in [1.82, 2.24) is 5.32 Å². The predicted octanol–water partition coefficient (Wildman–Crippen LogP) is 6.15. The summed E-state index contributed by atoms with van der Waals surface area (Å²) >= 11 is 12.5. The monoisotopic (exact) mass is 504 g/mol. The number of amides is 1. The van der Waals surface area contributed by atoms with Crippen LogP contribution in [-0.2, 0) is 16.6 Å². The maximum Gasteiger partial charge on any atom is 0.251 e. The number of halogens is 2. The first-order valence-electron chi connectivity index (χ1n) is 10.5. The van der Waals surface area contributed by atoms with Gasteiger partial charge in [-0.25, -0.2) is 8.42 Å². The van der Waals surface area contributed by atoms with Gasteiger partial charge in [0, 0.05) is 21.2 Å². The van der Waals surface area contributed by atoms with E-state index in [9.17, 15) is 13.2 Å². The minimum absolute atomic E-state index is 0.0196. The van der Waals surface area contributed by atoms with Gasteiger partial charge in [-0.1, -0.05) is 66.0 Å². The first-order valence-corrected chi connectivity index (χ1v) is 13.1. The van der Waals surface area contributed by atoms with Crippen molar-refractivity contribution in [2.75, 3.05) is 10.6 Å². The third-order valence-corrected chi connectivity index (χ3v) is 7.22. The number of nitrogens with one attached hydrogen (secondary N) is 1. The molecule has 0 aliphatic heterocycles. The fraction of sp³-hybridized carbons (Fsp3) is 0.240. The lowest BCUT2D eigenvalue weighted by molar-refractivity contribution is 0.0935. The van der Waals surface area contributed by atoms with E-state index in [0.29, 0.717) is 26.9 Å². The maximum absolute atomic E-state index is 12.8. The SMILES string of the molecule is CC[C@@H](NC(=O)c1ccc(N(Cc2c(Cl)cccc2Cl)S(C)(=O)=O)cc1)c1ccc(C)cc1. The van der Waals surface area contributed by atoms with Gasteiger partial charge in [0.25, 0.3) is 5.91 Å². The van der Waals surface area contributed by atoms with Gasteiger partial charge < -0.3 is 5.32 Å². The molecule has 0 aliphatic rings. The summed E-state index contributed by atoms with van der Waals surface area (Å²) < 4.78 is 26.2. The number of nitrogens with zero attached hydrogens (tertiary/aromatic N) is 1. The van der Waals surface area contributed by atoms with E-state index in [1.165, 1.54) is 4.31 Å². The average Bonchev–Trinajstić information content (AvgIpc) is 2.77. The van der Waals surface area contributed by atoms with E-state index in [1.807, 2.05) is 38.1 Å². The van der Waals surface area contributed by atoms with Gasteiger partial charge in [0.15, 0.2) is 0 Å². The van der Waals surface area contributed by atoms with Crippen molar-refractivity contribution >= 4 is 44.8 Å². The average molecular weight is 505 g/mol. The van der Waals surface area contributed by atoms with Crippen molar-refractivity contribution in [1.29, 1.82) is 0 Å². The maximum atomic E-state index is 12.8. The molecule has 3 aromatic rings. The lowest BCUT2D eigenvalue weighted by Crippen LogP contribution is -2.30. The zero-order valence-electron chi connectivity index (χ0n) is 18.7. The predicted molar refractivity (Wildman–Crippen MR) is 136 cm³/mol. The van der Waals surface area contributed by atoms with E-state index in [4.69, 9.17) is 23.2 Å². The van der Waals surface area contributed by atoms with Gasteiger partial charge in [0.1, 0.15) is 0 Å². The van der Waals surface area contributed by atoms with Crippen LogP contribution in [-0.4, -0.2) is 20.6 Å². The van der Waals surface area contributed by atoms with Crippen LogP contribution in [0.2, 0.25) is 10.0 Å². The molecule has 0 bridgehead atoms. The normalized spacial score (nSPS) is 12.3. The number of rotatable bonds is 8. The molecule has 33 heavy (non-hydrogen) atoms. The van der Waals surface area contributed by atoms with Crippen LogP contribution in [0.4, 0.5) is 5.69 Å². The van der Waals surface area contributed by atoms with Gasteiger partial charge in [-0.2, -0.15) is 0 Å². The summed E-state index contributed by atoms with van der Waals surface area (Å²) in [5.74, 6) is -0.228. The molecular weight excluding hydrogens is 479 g/mol. The fourth-order valence-electron chi connectivity index (χ4n) is 3.47. The van der Waals surface area contributed by atoms with Gasteiger partial charge >= 0.3 is 0 Å². The first-order chi connectivity index (χ1) is 15.6. The minimum Gasteiger partial charge on any atom is -0.345 e. The van der Waals surface area contributed by atoms with Gasteiger partial charge in [0.05, 0.1) is 24.5 Å². The Morgan fingerprint density at radius 3 is 2.06 bits per heavy atom. The van der Waals surface area contributed by atoms with E-state index in [-0.39, 0.29) is 18.5 Å². The molecule has 0 heterocycles. The molecule has 8 heteroatoms. The summed E-state index contributed by atoms with van der Waals surface area (Å²) in [6, 6.07) is 19.4. The van der Waals surface area contributed by atoms with Crippen molar-refractivity contribution in [2.24, 2.45) is 0 Å². The smallest absolute Gasteiger partial charge is 0.251 e. The zero-order valence-corrected chi connectivity index (χ0v) is 21.0. The van der Waals surface area contributed by atoms with Crippen molar-refractivity contribution in [3.05, 3.63) is 99.0 Å².